The molecule has 1 aromatic heterocycles. The van der Waals surface area contributed by atoms with Gasteiger partial charge in [-0.2, -0.15) is 5.10 Å². The fourth-order valence-corrected chi connectivity index (χ4v) is 3.52. The van der Waals surface area contributed by atoms with Gasteiger partial charge in [0.2, 0.25) is 0 Å². The highest BCUT2D eigenvalue weighted by Gasteiger charge is 2.25. The molecule has 0 amide bonds. The lowest BCUT2D eigenvalue weighted by Gasteiger charge is -2.40. The fourth-order valence-electron chi connectivity index (χ4n) is 3.52. The second-order valence-corrected chi connectivity index (χ2v) is 6.34. The lowest BCUT2D eigenvalue weighted by atomic mass is 10.0. The average Bonchev–Trinajstić information content (AvgIpc) is 3.18. The lowest BCUT2D eigenvalue weighted by Crippen LogP contribution is -2.52. The Kier molecular flexibility index (Phi) is 8.37. The Labute approximate surface area is 173 Å². The van der Waals surface area contributed by atoms with E-state index in [0.717, 1.165) is 44.3 Å². The Morgan fingerprint density at radius 1 is 1.19 bits per heavy atom. The second-order valence-electron chi connectivity index (χ2n) is 6.34. The standard InChI is InChI=1S/C19H28N6.HI/c1-3-18(16-7-5-4-6-8-16)24-11-13-25(14-12-24)19(20-2)21-15-17-9-10-22-23-17;/h4-10,18H,3,11-15H2,1-2H3,(H,20,21)(H,22,23);1H. The Morgan fingerprint density at radius 3 is 2.50 bits per heavy atom. The second kappa shape index (κ2) is 10.5. The van der Waals surface area contributed by atoms with Crippen molar-refractivity contribution in [3.05, 3.63) is 53.9 Å². The van der Waals surface area contributed by atoms with Crippen LogP contribution in [0.25, 0.3) is 0 Å². The Hall–Kier alpha value is -1.61. The van der Waals surface area contributed by atoms with E-state index >= 15 is 0 Å². The van der Waals surface area contributed by atoms with Crippen molar-refractivity contribution >= 4 is 29.9 Å². The van der Waals surface area contributed by atoms with E-state index in [1.165, 1.54) is 5.56 Å². The van der Waals surface area contributed by atoms with Crippen molar-refractivity contribution in [2.45, 2.75) is 25.9 Å². The number of rotatable bonds is 5. The van der Waals surface area contributed by atoms with Crippen molar-refractivity contribution in [2.24, 2.45) is 4.99 Å². The molecule has 2 N–H and O–H groups in total. The topological polar surface area (TPSA) is 59.5 Å². The number of hydrogen-bond acceptors (Lipinski definition) is 3. The molecular formula is C19H29IN6. The summed E-state index contributed by atoms with van der Waals surface area (Å²) in [6.07, 6.45) is 2.91. The molecule has 1 unspecified atom stereocenters. The van der Waals surface area contributed by atoms with E-state index in [2.05, 4.69) is 67.6 Å². The number of aromatic nitrogens is 2. The number of nitrogens with zero attached hydrogens (tertiary/aromatic N) is 4. The van der Waals surface area contributed by atoms with Gasteiger partial charge in [-0.05, 0) is 18.1 Å². The maximum absolute atomic E-state index is 4.44. The first-order valence-electron chi connectivity index (χ1n) is 9.04. The zero-order chi connectivity index (χ0) is 17.5. The highest BCUT2D eigenvalue weighted by atomic mass is 127. The minimum Gasteiger partial charge on any atom is -0.351 e. The molecule has 0 bridgehead atoms. The van der Waals surface area contributed by atoms with Crippen molar-refractivity contribution in [3.63, 3.8) is 0 Å². The molecule has 1 aliphatic rings. The van der Waals surface area contributed by atoms with E-state index in [-0.39, 0.29) is 24.0 Å². The SMILES string of the molecule is CCC(c1ccccc1)N1CCN(C(=NC)NCc2ccn[nH]2)CC1.I. The molecule has 7 heteroatoms. The number of benzene rings is 1. The summed E-state index contributed by atoms with van der Waals surface area (Å²) in [6.45, 7) is 7.08. The number of piperazine rings is 1. The van der Waals surface area contributed by atoms with Crippen LogP contribution in [0.1, 0.15) is 30.6 Å². The molecule has 1 aliphatic heterocycles. The Morgan fingerprint density at radius 2 is 1.92 bits per heavy atom. The molecule has 3 rings (SSSR count). The molecule has 2 aromatic rings. The van der Waals surface area contributed by atoms with Crippen LogP contribution in [0.3, 0.4) is 0 Å². The lowest BCUT2D eigenvalue weighted by molar-refractivity contribution is 0.127. The summed E-state index contributed by atoms with van der Waals surface area (Å²) in [5, 5.41) is 10.4. The zero-order valence-electron chi connectivity index (χ0n) is 15.6. The molecule has 6 nitrogen and oxygen atoms in total. The van der Waals surface area contributed by atoms with E-state index in [0.29, 0.717) is 12.6 Å². The van der Waals surface area contributed by atoms with Gasteiger partial charge in [0, 0.05) is 45.5 Å². The molecule has 0 saturated carbocycles. The van der Waals surface area contributed by atoms with Crippen LogP contribution in [-0.4, -0.2) is 59.2 Å². The van der Waals surface area contributed by atoms with Gasteiger partial charge in [0.05, 0.1) is 12.2 Å². The summed E-state index contributed by atoms with van der Waals surface area (Å²) in [5.74, 6) is 0.960. The highest BCUT2D eigenvalue weighted by Crippen LogP contribution is 2.25. The molecule has 1 atom stereocenters. The van der Waals surface area contributed by atoms with Crippen LogP contribution in [0, 0.1) is 0 Å². The summed E-state index contributed by atoms with van der Waals surface area (Å²) in [5.41, 5.74) is 2.48. The van der Waals surface area contributed by atoms with Crippen LogP contribution in [0.15, 0.2) is 47.6 Å². The number of hydrogen-bond donors (Lipinski definition) is 2. The largest absolute Gasteiger partial charge is 0.351 e. The van der Waals surface area contributed by atoms with Gasteiger partial charge in [-0.3, -0.25) is 15.0 Å². The van der Waals surface area contributed by atoms with E-state index in [9.17, 15) is 0 Å². The fraction of sp³-hybridized carbons (Fsp3) is 0.474. The summed E-state index contributed by atoms with van der Waals surface area (Å²) < 4.78 is 0. The summed E-state index contributed by atoms with van der Waals surface area (Å²) >= 11 is 0. The number of halogens is 1. The molecule has 0 spiro atoms. The van der Waals surface area contributed by atoms with Gasteiger partial charge in [0.25, 0.3) is 0 Å². The normalized spacial score (nSPS) is 16.8. The van der Waals surface area contributed by atoms with Crippen molar-refractivity contribution in [3.8, 4) is 0 Å². The minimum absolute atomic E-state index is 0. The minimum atomic E-state index is 0. The third-order valence-electron chi connectivity index (χ3n) is 4.83. The Balaban J connectivity index is 0.00000243. The van der Waals surface area contributed by atoms with Crippen molar-refractivity contribution < 1.29 is 0 Å². The molecule has 0 aliphatic carbocycles. The predicted octanol–water partition coefficient (Wildman–Crippen LogP) is 2.87. The van der Waals surface area contributed by atoms with Gasteiger partial charge < -0.3 is 10.2 Å². The quantitative estimate of drug-likeness (QED) is 0.403. The first kappa shape index (κ1) is 20.7. The van der Waals surface area contributed by atoms with Crippen LogP contribution in [0.2, 0.25) is 0 Å². The van der Waals surface area contributed by atoms with Crippen LogP contribution < -0.4 is 5.32 Å². The maximum Gasteiger partial charge on any atom is 0.194 e. The van der Waals surface area contributed by atoms with E-state index in [1.54, 1.807) is 6.20 Å². The van der Waals surface area contributed by atoms with Crippen molar-refractivity contribution in [1.29, 1.82) is 0 Å². The molecule has 2 heterocycles. The average molecular weight is 468 g/mol. The summed E-state index contributed by atoms with van der Waals surface area (Å²) in [7, 11) is 1.85. The monoisotopic (exact) mass is 468 g/mol. The smallest absolute Gasteiger partial charge is 0.194 e. The first-order valence-corrected chi connectivity index (χ1v) is 9.04. The van der Waals surface area contributed by atoms with Gasteiger partial charge in [-0.25, -0.2) is 0 Å². The predicted molar refractivity (Wildman–Crippen MR) is 117 cm³/mol. The third-order valence-corrected chi connectivity index (χ3v) is 4.83. The van der Waals surface area contributed by atoms with E-state index in [4.69, 9.17) is 0 Å². The molecule has 1 fully saturated rings. The van der Waals surface area contributed by atoms with Crippen LogP contribution in [0.5, 0.6) is 0 Å². The van der Waals surface area contributed by atoms with Gasteiger partial charge in [0.1, 0.15) is 0 Å². The van der Waals surface area contributed by atoms with Gasteiger partial charge in [-0.15, -0.1) is 24.0 Å². The molecule has 142 valence electrons. The van der Waals surface area contributed by atoms with Crippen LogP contribution >= 0.6 is 24.0 Å². The zero-order valence-corrected chi connectivity index (χ0v) is 17.9. The van der Waals surface area contributed by atoms with Crippen molar-refractivity contribution in [1.82, 2.24) is 25.3 Å². The highest BCUT2D eigenvalue weighted by molar-refractivity contribution is 14.0. The number of nitrogens with one attached hydrogen (secondary N) is 2. The number of H-pyrrole nitrogens is 1. The van der Waals surface area contributed by atoms with Crippen LogP contribution in [-0.2, 0) is 6.54 Å². The van der Waals surface area contributed by atoms with Crippen LogP contribution in [0.4, 0.5) is 0 Å². The van der Waals surface area contributed by atoms with Gasteiger partial charge in [-0.1, -0.05) is 37.3 Å². The third kappa shape index (κ3) is 5.20. The molecule has 1 saturated heterocycles. The summed E-state index contributed by atoms with van der Waals surface area (Å²) in [4.78, 5) is 9.37. The van der Waals surface area contributed by atoms with E-state index < -0.39 is 0 Å². The molecular weight excluding hydrogens is 439 g/mol. The molecule has 1 aromatic carbocycles. The molecule has 26 heavy (non-hydrogen) atoms. The maximum atomic E-state index is 4.44. The first-order chi connectivity index (χ1) is 12.3. The summed E-state index contributed by atoms with van der Waals surface area (Å²) in [6, 6.07) is 13.3. The van der Waals surface area contributed by atoms with Gasteiger partial charge >= 0.3 is 0 Å². The number of aromatic amines is 1. The number of aliphatic imine (C=N–C) groups is 1. The van der Waals surface area contributed by atoms with Gasteiger partial charge in [0.15, 0.2) is 5.96 Å². The van der Waals surface area contributed by atoms with E-state index in [1.807, 2.05) is 13.1 Å². The Bertz CT molecular complexity index is 650. The van der Waals surface area contributed by atoms with Crippen molar-refractivity contribution in [2.75, 3.05) is 33.2 Å². The molecule has 0 radical (unpaired) electrons. The number of guanidine groups is 1.